The van der Waals surface area contributed by atoms with Crippen molar-refractivity contribution >= 4 is 23.3 Å². The van der Waals surface area contributed by atoms with Gasteiger partial charge in [0, 0.05) is 36.0 Å². The highest BCUT2D eigenvalue weighted by Crippen LogP contribution is 2.33. The van der Waals surface area contributed by atoms with Crippen LogP contribution in [0.1, 0.15) is 30.1 Å². The van der Waals surface area contributed by atoms with Crippen molar-refractivity contribution in [3.8, 4) is 33.9 Å². The molecule has 0 bridgehead atoms. The highest BCUT2D eigenvalue weighted by Gasteiger charge is 2.24. The second kappa shape index (κ2) is 12.1. The van der Waals surface area contributed by atoms with Crippen LogP contribution in [0.4, 0.5) is 0 Å². The van der Waals surface area contributed by atoms with Gasteiger partial charge in [-0.05, 0) is 61.3 Å². The molecule has 2 N–H and O–H groups in total. The molecule has 1 saturated heterocycles. The van der Waals surface area contributed by atoms with Gasteiger partial charge in [-0.25, -0.2) is 9.97 Å². The lowest BCUT2D eigenvalue weighted by Gasteiger charge is -2.30. The smallest absolute Gasteiger partial charge is 0.257 e. The number of aromatic amines is 2. The predicted octanol–water partition coefficient (Wildman–Crippen LogP) is 6.24. The van der Waals surface area contributed by atoms with Crippen molar-refractivity contribution in [1.82, 2.24) is 35.0 Å². The first-order valence-corrected chi connectivity index (χ1v) is 13.9. The van der Waals surface area contributed by atoms with Crippen molar-refractivity contribution in [3.63, 3.8) is 0 Å². The van der Waals surface area contributed by atoms with Crippen LogP contribution in [0.25, 0.3) is 44.8 Å². The normalized spacial score (nSPS) is 14.1. The molecule has 42 heavy (non-hydrogen) atoms. The fraction of sp³-hybridized carbons (Fsp3) is 0.182. The number of rotatable bonds is 6. The van der Waals surface area contributed by atoms with E-state index in [1.807, 2.05) is 48.5 Å². The summed E-state index contributed by atoms with van der Waals surface area (Å²) in [4.78, 5) is 31.8. The van der Waals surface area contributed by atoms with Gasteiger partial charge in [-0.3, -0.25) is 19.8 Å². The van der Waals surface area contributed by atoms with Gasteiger partial charge in [0.1, 0.15) is 5.69 Å². The Labute approximate surface area is 249 Å². The minimum atomic E-state index is -0.130. The summed E-state index contributed by atoms with van der Waals surface area (Å²) in [5, 5.41) is 8.14. The van der Waals surface area contributed by atoms with E-state index < -0.39 is 0 Å². The van der Waals surface area contributed by atoms with Crippen LogP contribution in [0, 0.1) is 0 Å². The van der Waals surface area contributed by atoms with Crippen LogP contribution in [0.3, 0.4) is 0 Å². The fourth-order valence-corrected chi connectivity index (χ4v) is 5.62. The van der Waals surface area contributed by atoms with Gasteiger partial charge in [0.25, 0.3) is 5.56 Å². The average Bonchev–Trinajstić information content (AvgIpc) is 3.53. The third-order valence-electron chi connectivity index (χ3n) is 7.83. The molecule has 2 aromatic carbocycles. The van der Waals surface area contributed by atoms with E-state index in [4.69, 9.17) is 9.97 Å². The number of hydrogen-bond donors (Lipinski definition) is 2. The summed E-state index contributed by atoms with van der Waals surface area (Å²) in [6.07, 6.45) is 5.47. The molecule has 9 heteroatoms. The van der Waals surface area contributed by atoms with E-state index in [0.717, 1.165) is 72.2 Å². The van der Waals surface area contributed by atoms with Gasteiger partial charge < -0.3 is 4.98 Å². The lowest BCUT2D eigenvalue weighted by atomic mass is 9.95. The van der Waals surface area contributed by atoms with Crippen LogP contribution in [-0.4, -0.2) is 48.1 Å². The van der Waals surface area contributed by atoms with E-state index in [-0.39, 0.29) is 18.0 Å². The molecule has 0 saturated carbocycles. The molecular weight excluding hydrogens is 546 g/mol. The molecule has 1 aliphatic heterocycles. The summed E-state index contributed by atoms with van der Waals surface area (Å²) in [5.41, 5.74) is 6.52. The van der Waals surface area contributed by atoms with Crippen LogP contribution in [0.2, 0.25) is 0 Å². The minimum absolute atomic E-state index is 0. The second-order valence-corrected chi connectivity index (χ2v) is 10.5. The molecular formula is C33H30ClN7O. The maximum absolute atomic E-state index is 12.5. The van der Waals surface area contributed by atoms with Crippen LogP contribution in [0.15, 0.2) is 102 Å². The van der Waals surface area contributed by atoms with Gasteiger partial charge >= 0.3 is 0 Å². The van der Waals surface area contributed by atoms with Gasteiger partial charge in [-0.15, -0.1) is 12.4 Å². The van der Waals surface area contributed by atoms with Gasteiger partial charge in [-0.2, -0.15) is 5.10 Å². The first-order valence-electron chi connectivity index (χ1n) is 13.9. The summed E-state index contributed by atoms with van der Waals surface area (Å²) < 4.78 is 0. The van der Waals surface area contributed by atoms with Crippen LogP contribution in [0.5, 0.6) is 0 Å². The summed E-state index contributed by atoms with van der Waals surface area (Å²) in [6, 6.07) is 28.4. The van der Waals surface area contributed by atoms with E-state index in [1.54, 1.807) is 12.4 Å². The molecule has 0 spiro atoms. The molecule has 0 aliphatic carbocycles. The van der Waals surface area contributed by atoms with E-state index in [0.29, 0.717) is 16.8 Å². The molecule has 8 nitrogen and oxygen atoms in total. The number of piperidine rings is 1. The van der Waals surface area contributed by atoms with E-state index >= 15 is 0 Å². The van der Waals surface area contributed by atoms with Crippen LogP contribution >= 0.6 is 12.4 Å². The molecule has 6 aromatic rings. The molecule has 7 rings (SSSR count). The van der Waals surface area contributed by atoms with Crippen LogP contribution in [-0.2, 0) is 6.54 Å². The zero-order valence-electron chi connectivity index (χ0n) is 22.9. The summed E-state index contributed by atoms with van der Waals surface area (Å²) in [7, 11) is 0. The fourth-order valence-electron chi connectivity index (χ4n) is 5.62. The number of fused-ring (bicyclic) bond motifs is 1. The summed E-state index contributed by atoms with van der Waals surface area (Å²) >= 11 is 0. The van der Waals surface area contributed by atoms with E-state index in [1.165, 1.54) is 5.56 Å². The zero-order chi connectivity index (χ0) is 27.6. The molecule has 4 aromatic heterocycles. The molecule has 1 fully saturated rings. The minimum Gasteiger partial charge on any atom is -0.328 e. The Morgan fingerprint density at radius 2 is 1.64 bits per heavy atom. The predicted molar refractivity (Wildman–Crippen MR) is 167 cm³/mol. The number of nitrogens with zero attached hydrogens (tertiary/aromatic N) is 5. The number of aromatic nitrogens is 6. The number of nitrogens with one attached hydrogen (secondary N) is 2. The Morgan fingerprint density at radius 3 is 2.40 bits per heavy atom. The van der Waals surface area contributed by atoms with Gasteiger partial charge in [0.05, 0.1) is 16.6 Å². The van der Waals surface area contributed by atoms with Gasteiger partial charge in [-0.1, -0.05) is 60.7 Å². The van der Waals surface area contributed by atoms with Crippen molar-refractivity contribution in [1.29, 1.82) is 0 Å². The Kier molecular flexibility index (Phi) is 7.90. The van der Waals surface area contributed by atoms with Gasteiger partial charge in [0.2, 0.25) is 0 Å². The largest absolute Gasteiger partial charge is 0.328 e. The first-order chi connectivity index (χ1) is 20.2. The number of pyridine rings is 3. The Bertz CT molecular complexity index is 1850. The van der Waals surface area contributed by atoms with Crippen LogP contribution < -0.4 is 5.56 Å². The standard InChI is InChI=1S/C33H29N7O.ClH/c41-33-27-20-26(23-6-2-1-3-7-23)30(36-28(27)13-17-35-33)24-11-9-22(10-12-24)21-40-18-14-25(15-19-40)31-37-32(39-38-31)29-8-4-5-16-34-29;/h1-13,16-17,20,25H,14-15,18-19,21H2,(H,35,41)(H,37,38,39);1H. The SMILES string of the molecule is Cl.O=c1[nH]ccc2nc(-c3ccc(CN4CCC(c5n[nH]c(-c6ccccn6)n5)CC4)cc3)c(-c3ccccc3)cc12. The van der Waals surface area contributed by atoms with Crippen molar-refractivity contribution < 1.29 is 0 Å². The Balaban J connectivity index is 0.00000316. The number of hydrogen-bond acceptors (Lipinski definition) is 6. The zero-order valence-corrected chi connectivity index (χ0v) is 23.7. The monoisotopic (exact) mass is 575 g/mol. The maximum Gasteiger partial charge on any atom is 0.257 e. The highest BCUT2D eigenvalue weighted by atomic mass is 35.5. The van der Waals surface area contributed by atoms with Crippen molar-refractivity contribution in [2.24, 2.45) is 0 Å². The molecule has 0 radical (unpaired) electrons. The van der Waals surface area contributed by atoms with Gasteiger partial charge in [0.15, 0.2) is 11.6 Å². The Hall–Kier alpha value is -4.66. The van der Waals surface area contributed by atoms with Crippen molar-refractivity contribution in [2.75, 3.05) is 13.1 Å². The first kappa shape index (κ1) is 27.5. The molecule has 0 atom stereocenters. The Morgan fingerprint density at radius 1 is 0.857 bits per heavy atom. The third kappa shape index (κ3) is 5.59. The molecule has 210 valence electrons. The van der Waals surface area contributed by atoms with E-state index in [9.17, 15) is 4.79 Å². The van der Waals surface area contributed by atoms with Crippen molar-refractivity contribution in [2.45, 2.75) is 25.3 Å². The molecule has 0 unspecified atom stereocenters. The summed E-state index contributed by atoms with van der Waals surface area (Å²) in [6.45, 7) is 2.89. The van der Waals surface area contributed by atoms with Crippen molar-refractivity contribution in [3.05, 3.63) is 119 Å². The molecule has 5 heterocycles. The second-order valence-electron chi connectivity index (χ2n) is 10.5. The number of H-pyrrole nitrogens is 2. The average molecular weight is 576 g/mol. The number of likely N-dealkylation sites (tertiary alicyclic amines) is 1. The maximum atomic E-state index is 12.5. The van der Waals surface area contributed by atoms with E-state index in [2.05, 4.69) is 61.5 Å². The lowest BCUT2D eigenvalue weighted by molar-refractivity contribution is 0.202. The third-order valence-corrected chi connectivity index (χ3v) is 7.83. The topological polar surface area (TPSA) is 103 Å². The number of halogens is 1. The molecule has 1 aliphatic rings. The lowest BCUT2D eigenvalue weighted by Crippen LogP contribution is -2.32. The highest BCUT2D eigenvalue weighted by molar-refractivity contribution is 5.91. The quantitative estimate of drug-likeness (QED) is 0.244. The summed E-state index contributed by atoms with van der Waals surface area (Å²) in [5.74, 6) is 1.96. The molecule has 0 amide bonds. The number of benzene rings is 2.